The summed E-state index contributed by atoms with van der Waals surface area (Å²) in [7, 11) is 1.58. The molecule has 1 saturated heterocycles. The normalized spacial score (nSPS) is 17.4. The third-order valence-electron chi connectivity index (χ3n) is 3.43. The summed E-state index contributed by atoms with van der Waals surface area (Å²) in [5.74, 6) is -0.0194. The molecule has 0 radical (unpaired) electrons. The lowest BCUT2D eigenvalue weighted by atomic mass is 10.1. The lowest BCUT2D eigenvalue weighted by Crippen LogP contribution is -2.44. The molecule has 1 atom stereocenters. The van der Waals surface area contributed by atoms with Crippen molar-refractivity contribution < 1.29 is 19.4 Å². The topological polar surface area (TPSA) is 66.8 Å². The van der Waals surface area contributed by atoms with Crippen LogP contribution in [0.5, 0.6) is 5.75 Å². The Balaban J connectivity index is 2.23. The predicted molar refractivity (Wildman–Crippen MR) is 102 cm³/mol. The number of hydrogen-bond acceptors (Lipinski definition) is 6. The van der Waals surface area contributed by atoms with Crippen LogP contribution < -0.4 is 4.74 Å². The minimum absolute atomic E-state index is 0.285. The van der Waals surface area contributed by atoms with Crippen molar-refractivity contribution in [2.75, 3.05) is 19.1 Å². The summed E-state index contributed by atoms with van der Waals surface area (Å²) < 4.78 is 5.39. The molecule has 1 N–H and O–H groups in total. The van der Waals surface area contributed by atoms with Gasteiger partial charge in [0.15, 0.2) is 0 Å². The number of carboxylic acid groups (broad SMARTS) is 1. The first kappa shape index (κ1) is 18.8. The minimum atomic E-state index is -1.04. The van der Waals surface area contributed by atoms with Gasteiger partial charge >= 0.3 is 5.97 Å². The van der Waals surface area contributed by atoms with E-state index in [1.54, 1.807) is 25.3 Å². The van der Waals surface area contributed by atoms with Gasteiger partial charge < -0.3 is 9.84 Å². The highest BCUT2D eigenvalue weighted by Gasteiger charge is 2.40. The van der Waals surface area contributed by atoms with Crippen molar-refractivity contribution in [2.45, 2.75) is 12.5 Å². The fourth-order valence-electron chi connectivity index (χ4n) is 2.19. The lowest BCUT2D eigenvalue weighted by Gasteiger charge is -2.22. The maximum Gasteiger partial charge on any atom is 0.326 e. The van der Waals surface area contributed by atoms with Crippen LogP contribution in [0.15, 0.2) is 29.2 Å². The molecule has 128 valence electrons. The van der Waals surface area contributed by atoms with Gasteiger partial charge in [-0.25, -0.2) is 4.79 Å². The van der Waals surface area contributed by atoms with E-state index < -0.39 is 12.0 Å². The van der Waals surface area contributed by atoms with E-state index in [9.17, 15) is 14.7 Å². The van der Waals surface area contributed by atoms with E-state index in [1.807, 2.05) is 18.4 Å². The van der Waals surface area contributed by atoms with Crippen LogP contribution in [-0.4, -0.2) is 51.4 Å². The van der Waals surface area contributed by atoms with Crippen LogP contribution in [0.2, 0.25) is 0 Å². The molecule has 1 aliphatic rings. The number of carbonyl (C=O) groups excluding carboxylic acids is 1. The van der Waals surface area contributed by atoms with E-state index in [0.717, 1.165) is 23.1 Å². The van der Waals surface area contributed by atoms with Crippen molar-refractivity contribution in [2.24, 2.45) is 0 Å². The first-order valence-corrected chi connectivity index (χ1v) is 9.72. The number of hydrogen-bond donors (Lipinski definition) is 1. The Bertz CT molecular complexity index is 672. The molecule has 0 unspecified atom stereocenters. The van der Waals surface area contributed by atoms with Crippen LogP contribution in [0, 0.1) is 0 Å². The lowest BCUT2D eigenvalue weighted by molar-refractivity contribution is -0.145. The van der Waals surface area contributed by atoms with Gasteiger partial charge in [0, 0.05) is 0 Å². The molecule has 5 nitrogen and oxygen atoms in total. The molecule has 1 aliphatic heterocycles. The van der Waals surface area contributed by atoms with Gasteiger partial charge in [-0.05, 0) is 42.2 Å². The molecule has 1 aromatic rings. The summed E-state index contributed by atoms with van der Waals surface area (Å²) in [6.07, 6.45) is 3.97. The second-order valence-corrected chi connectivity index (χ2v) is 7.62. The minimum Gasteiger partial charge on any atom is -0.497 e. The number of amides is 1. The smallest absolute Gasteiger partial charge is 0.326 e. The quantitative estimate of drug-likeness (QED) is 0.573. The molecule has 0 spiro atoms. The summed E-state index contributed by atoms with van der Waals surface area (Å²) in [6, 6.07) is 6.32. The Morgan fingerprint density at radius 1 is 1.46 bits per heavy atom. The third kappa shape index (κ3) is 4.31. The second kappa shape index (κ2) is 8.55. The van der Waals surface area contributed by atoms with Gasteiger partial charge in [0.25, 0.3) is 5.91 Å². The van der Waals surface area contributed by atoms with Gasteiger partial charge in [0.1, 0.15) is 16.1 Å². The van der Waals surface area contributed by atoms with E-state index >= 15 is 0 Å². The van der Waals surface area contributed by atoms with E-state index in [0.29, 0.717) is 17.1 Å². The number of rotatable bonds is 7. The van der Waals surface area contributed by atoms with Crippen LogP contribution in [0.4, 0.5) is 0 Å². The monoisotopic (exact) mass is 383 g/mol. The predicted octanol–water partition coefficient (Wildman–Crippen LogP) is 3.10. The van der Waals surface area contributed by atoms with Crippen molar-refractivity contribution >= 4 is 58.0 Å². The molecular weight excluding hydrogens is 366 g/mol. The van der Waals surface area contributed by atoms with Crippen molar-refractivity contribution in [3.63, 3.8) is 0 Å². The molecule has 0 saturated carbocycles. The largest absolute Gasteiger partial charge is 0.497 e. The van der Waals surface area contributed by atoms with E-state index in [2.05, 4.69) is 0 Å². The molecule has 1 fully saturated rings. The first-order valence-electron chi connectivity index (χ1n) is 7.10. The highest BCUT2D eigenvalue weighted by Crippen LogP contribution is 2.35. The fraction of sp³-hybridized carbons (Fsp3) is 0.312. The Hall–Kier alpha value is -1.51. The number of aliphatic carboxylic acids is 1. The van der Waals surface area contributed by atoms with Gasteiger partial charge in [-0.2, -0.15) is 11.8 Å². The molecule has 1 aromatic carbocycles. The van der Waals surface area contributed by atoms with Crippen LogP contribution in [0.25, 0.3) is 6.08 Å². The van der Waals surface area contributed by atoms with Gasteiger partial charge in [-0.1, -0.05) is 36.1 Å². The van der Waals surface area contributed by atoms with Gasteiger partial charge in [-0.3, -0.25) is 9.69 Å². The highest BCUT2D eigenvalue weighted by molar-refractivity contribution is 8.26. The summed E-state index contributed by atoms with van der Waals surface area (Å²) in [5.41, 5.74) is 0.826. The third-order valence-corrected chi connectivity index (χ3v) is 5.40. The van der Waals surface area contributed by atoms with Crippen LogP contribution >= 0.6 is 35.7 Å². The maximum atomic E-state index is 12.6. The molecular formula is C16H17NO4S3. The molecule has 1 amide bonds. The number of thioether (sulfide) groups is 2. The SMILES string of the molecule is COc1ccc(/C=C2/SC(=S)N([C@H](CCSC)C(=O)O)C2=O)cc1. The Kier molecular flexibility index (Phi) is 6.70. The molecule has 8 heteroatoms. The summed E-state index contributed by atoms with van der Waals surface area (Å²) in [5, 5.41) is 9.42. The molecule has 2 rings (SSSR count). The highest BCUT2D eigenvalue weighted by atomic mass is 32.2. The zero-order valence-electron chi connectivity index (χ0n) is 13.2. The van der Waals surface area contributed by atoms with Gasteiger partial charge in [-0.15, -0.1) is 0 Å². The number of nitrogens with zero attached hydrogens (tertiary/aromatic N) is 1. The van der Waals surface area contributed by atoms with E-state index in [4.69, 9.17) is 17.0 Å². The fourth-order valence-corrected chi connectivity index (χ4v) is 4.01. The van der Waals surface area contributed by atoms with E-state index in [-0.39, 0.29) is 10.2 Å². The molecule has 1 heterocycles. The number of carboxylic acids is 1. The Morgan fingerprint density at radius 2 is 2.12 bits per heavy atom. The van der Waals surface area contributed by atoms with Crippen molar-refractivity contribution in [1.82, 2.24) is 4.90 Å². The van der Waals surface area contributed by atoms with Gasteiger partial charge in [0.2, 0.25) is 0 Å². The van der Waals surface area contributed by atoms with Crippen molar-refractivity contribution in [3.05, 3.63) is 34.7 Å². The molecule has 0 bridgehead atoms. The van der Waals surface area contributed by atoms with Crippen LogP contribution in [-0.2, 0) is 9.59 Å². The van der Waals surface area contributed by atoms with Gasteiger partial charge in [0.05, 0.1) is 12.0 Å². The summed E-state index contributed by atoms with van der Waals surface area (Å²) >= 11 is 7.90. The zero-order valence-corrected chi connectivity index (χ0v) is 15.7. The number of benzene rings is 1. The van der Waals surface area contributed by atoms with Crippen molar-refractivity contribution in [3.8, 4) is 5.75 Å². The van der Waals surface area contributed by atoms with Crippen LogP contribution in [0.3, 0.4) is 0 Å². The van der Waals surface area contributed by atoms with E-state index in [1.165, 1.54) is 16.7 Å². The second-order valence-electron chi connectivity index (χ2n) is 4.96. The molecule has 0 aromatic heterocycles. The first-order chi connectivity index (χ1) is 11.5. The number of thiocarbonyl (C=S) groups is 1. The van der Waals surface area contributed by atoms with Crippen molar-refractivity contribution in [1.29, 1.82) is 0 Å². The Labute approximate surface area is 154 Å². The Morgan fingerprint density at radius 3 is 2.67 bits per heavy atom. The van der Waals surface area contributed by atoms with Crippen LogP contribution in [0.1, 0.15) is 12.0 Å². The average molecular weight is 384 g/mol. The standard InChI is InChI=1S/C16H17NO4S3/c1-21-11-5-3-10(4-6-11)9-13-14(18)17(16(22)24-13)12(15(19)20)7-8-23-2/h3-6,9,12H,7-8H2,1-2H3,(H,19,20)/b13-9+/t12-/m1/s1. The summed E-state index contributed by atoms with van der Waals surface area (Å²) in [4.78, 5) is 25.8. The zero-order chi connectivity index (χ0) is 17.7. The maximum absolute atomic E-state index is 12.6. The number of methoxy groups -OCH3 is 1. The summed E-state index contributed by atoms with van der Waals surface area (Å²) in [6.45, 7) is 0. The number of ether oxygens (including phenoxy) is 1. The molecule has 0 aliphatic carbocycles. The average Bonchev–Trinajstić information content (AvgIpc) is 2.83. The number of carbonyl (C=O) groups is 2. The molecule has 24 heavy (non-hydrogen) atoms.